The molecule has 58 heavy (non-hydrogen) atoms. The topological polar surface area (TPSA) is 152 Å². The smallest absolute Gasteiger partial charge is 0.306 e. The minimum Gasteiger partial charge on any atom is -0.462 e. The van der Waals surface area contributed by atoms with Gasteiger partial charge >= 0.3 is 11.9 Å². The molecular weight excluding hydrogens is 737 g/mol. The van der Waals surface area contributed by atoms with Gasteiger partial charge in [0.2, 0.25) is 0 Å². The summed E-state index contributed by atoms with van der Waals surface area (Å²) in [5, 5.41) is 40.1. The maximum Gasteiger partial charge on any atom is 0.306 e. The van der Waals surface area contributed by atoms with E-state index in [0.29, 0.717) is 6.42 Å². The van der Waals surface area contributed by atoms with E-state index in [0.717, 1.165) is 38.5 Å². The van der Waals surface area contributed by atoms with Crippen LogP contribution < -0.4 is 0 Å². The molecule has 0 bridgehead atoms. The van der Waals surface area contributed by atoms with Crippen molar-refractivity contribution in [2.45, 2.75) is 263 Å². The molecule has 0 amide bonds. The Morgan fingerprint density at radius 1 is 0.517 bits per heavy atom. The Kier molecular flexibility index (Phi) is 37.2. The van der Waals surface area contributed by atoms with Crippen LogP contribution in [0.5, 0.6) is 0 Å². The van der Waals surface area contributed by atoms with Crippen molar-refractivity contribution >= 4 is 11.9 Å². The summed E-state index contributed by atoms with van der Waals surface area (Å²) in [5.74, 6) is -0.819. The van der Waals surface area contributed by atoms with Gasteiger partial charge in [-0.1, -0.05) is 187 Å². The van der Waals surface area contributed by atoms with Crippen LogP contribution in [0.2, 0.25) is 0 Å². The van der Waals surface area contributed by atoms with Crippen LogP contribution in [-0.4, -0.2) is 89.0 Å². The van der Waals surface area contributed by atoms with E-state index in [1.165, 1.54) is 154 Å². The third kappa shape index (κ3) is 30.5. The molecule has 6 atom stereocenters. The van der Waals surface area contributed by atoms with Gasteiger partial charge in [-0.3, -0.25) is 9.59 Å². The van der Waals surface area contributed by atoms with Crippen LogP contribution in [0, 0.1) is 0 Å². The first-order valence-corrected chi connectivity index (χ1v) is 24.3. The van der Waals surface area contributed by atoms with Gasteiger partial charge in [-0.05, 0) is 38.5 Å². The molecule has 0 aromatic carbocycles. The molecule has 1 aliphatic heterocycles. The van der Waals surface area contributed by atoms with Crippen LogP contribution in [0.1, 0.15) is 226 Å². The lowest BCUT2D eigenvalue weighted by Crippen LogP contribution is -2.59. The third-order valence-corrected chi connectivity index (χ3v) is 11.4. The summed E-state index contributed by atoms with van der Waals surface area (Å²) in [6.45, 7) is 3.44. The summed E-state index contributed by atoms with van der Waals surface area (Å²) in [6.07, 6.45) is 35.1. The molecule has 2 unspecified atom stereocenters. The van der Waals surface area contributed by atoms with Crippen LogP contribution in [0.25, 0.3) is 0 Å². The van der Waals surface area contributed by atoms with Crippen molar-refractivity contribution in [2.75, 3.05) is 19.8 Å². The Morgan fingerprint density at radius 2 is 0.914 bits per heavy atom. The van der Waals surface area contributed by atoms with E-state index in [9.17, 15) is 30.0 Å². The van der Waals surface area contributed by atoms with Crippen molar-refractivity contribution in [1.82, 2.24) is 0 Å². The molecule has 342 valence electrons. The van der Waals surface area contributed by atoms with Crippen molar-refractivity contribution < 1.29 is 49.0 Å². The first-order valence-electron chi connectivity index (χ1n) is 24.3. The number of unbranched alkanes of at least 4 members (excludes halogenated alkanes) is 28. The average molecular weight is 827 g/mol. The molecule has 0 spiro atoms. The number of allylic oxidation sites excluding steroid dienone is 2. The average Bonchev–Trinajstić information content (AvgIpc) is 3.22. The Morgan fingerprint density at radius 3 is 1.38 bits per heavy atom. The van der Waals surface area contributed by atoms with E-state index in [1.807, 2.05) is 0 Å². The lowest BCUT2D eigenvalue weighted by Gasteiger charge is -2.39. The van der Waals surface area contributed by atoms with E-state index >= 15 is 0 Å². The first kappa shape index (κ1) is 54.5. The zero-order chi connectivity index (χ0) is 42.3. The number of hydrogen-bond donors (Lipinski definition) is 4. The highest BCUT2D eigenvalue weighted by molar-refractivity contribution is 5.70. The molecule has 0 aliphatic carbocycles. The second kappa shape index (κ2) is 39.6. The Bertz CT molecular complexity index is 959. The molecule has 1 rings (SSSR count). The Hall–Kier alpha value is -1.56. The van der Waals surface area contributed by atoms with Crippen LogP contribution >= 0.6 is 0 Å². The van der Waals surface area contributed by atoms with Crippen molar-refractivity contribution in [1.29, 1.82) is 0 Å². The number of carbonyl (C=O) groups excluding carboxylic acids is 2. The van der Waals surface area contributed by atoms with E-state index in [2.05, 4.69) is 26.0 Å². The van der Waals surface area contributed by atoms with Crippen molar-refractivity contribution in [3.05, 3.63) is 12.2 Å². The normalized spacial score (nSPS) is 20.1. The number of rotatable bonds is 41. The standard InChI is InChI=1S/C48H90O10/c1-3-5-7-9-11-13-15-17-19-20-21-23-24-26-28-30-32-34-36-43(50)55-39-41(40-56-48-47(54)46(53)45(52)42(38-49)58-48)57-44(51)37-35-33-31-29-27-25-22-18-16-14-12-10-8-6-4-2/h27,29,41-42,45-49,52-54H,3-26,28,30-40H2,1-2H3/b29-27+/t41-,42-,45+,46?,47?,48-/m0/s1. The summed E-state index contributed by atoms with van der Waals surface area (Å²) in [6, 6.07) is 0. The number of esters is 2. The molecule has 10 nitrogen and oxygen atoms in total. The summed E-state index contributed by atoms with van der Waals surface area (Å²) in [5.41, 5.74) is 0. The highest BCUT2D eigenvalue weighted by Gasteiger charge is 2.44. The quantitative estimate of drug-likeness (QED) is 0.0266. The van der Waals surface area contributed by atoms with Crippen molar-refractivity contribution in [3.63, 3.8) is 0 Å². The van der Waals surface area contributed by atoms with Crippen LogP contribution in [-0.2, 0) is 28.5 Å². The number of aliphatic hydroxyl groups is 4. The zero-order valence-corrected chi connectivity index (χ0v) is 37.3. The third-order valence-electron chi connectivity index (χ3n) is 11.4. The van der Waals surface area contributed by atoms with E-state index in [1.54, 1.807) is 0 Å². The summed E-state index contributed by atoms with van der Waals surface area (Å²) in [7, 11) is 0. The van der Waals surface area contributed by atoms with E-state index in [-0.39, 0.29) is 32.0 Å². The van der Waals surface area contributed by atoms with Crippen molar-refractivity contribution in [3.8, 4) is 0 Å². The zero-order valence-electron chi connectivity index (χ0n) is 37.3. The lowest BCUT2D eigenvalue weighted by atomic mass is 9.99. The minimum absolute atomic E-state index is 0.204. The molecule has 1 heterocycles. The largest absolute Gasteiger partial charge is 0.462 e. The van der Waals surface area contributed by atoms with Crippen LogP contribution in [0.3, 0.4) is 0 Å². The lowest BCUT2D eigenvalue weighted by molar-refractivity contribution is -0.305. The highest BCUT2D eigenvalue weighted by atomic mass is 16.7. The molecule has 0 saturated carbocycles. The fraction of sp³-hybridized carbons (Fsp3) is 0.917. The van der Waals surface area contributed by atoms with Crippen LogP contribution in [0.4, 0.5) is 0 Å². The Balaban J connectivity index is 2.29. The first-order chi connectivity index (χ1) is 28.3. The van der Waals surface area contributed by atoms with Gasteiger partial charge in [0, 0.05) is 12.8 Å². The second-order valence-electron chi connectivity index (χ2n) is 16.9. The maximum absolute atomic E-state index is 12.8. The monoisotopic (exact) mass is 827 g/mol. The van der Waals surface area contributed by atoms with Gasteiger partial charge in [0.05, 0.1) is 13.2 Å². The van der Waals surface area contributed by atoms with Gasteiger partial charge in [0.25, 0.3) is 0 Å². The number of ether oxygens (including phenoxy) is 4. The SMILES string of the molecule is CCCCCCCCCCC/C=C/CCCCC(=O)O[C@@H](COC(=O)CCCCCCCCCCCCCCCCCCCC)CO[C@H]1O[C@@H](CO)[C@@H](O)C(O)C1O. The molecule has 0 radical (unpaired) electrons. The van der Waals surface area contributed by atoms with Crippen LogP contribution in [0.15, 0.2) is 12.2 Å². The highest BCUT2D eigenvalue weighted by Crippen LogP contribution is 2.23. The fourth-order valence-corrected chi connectivity index (χ4v) is 7.54. The second-order valence-corrected chi connectivity index (χ2v) is 16.9. The molecule has 10 heteroatoms. The number of carbonyl (C=O) groups is 2. The molecule has 0 aromatic heterocycles. The summed E-state index contributed by atoms with van der Waals surface area (Å²) >= 11 is 0. The summed E-state index contributed by atoms with van der Waals surface area (Å²) < 4.78 is 22.2. The van der Waals surface area contributed by atoms with Gasteiger partial charge in [0.1, 0.15) is 31.0 Å². The van der Waals surface area contributed by atoms with E-state index in [4.69, 9.17) is 18.9 Å². The molecule has 0 aromatic rings. The summed E-state index contributed by atoms with van der Waals surface area (Å²) in [4.78, 5) is 25.4. The van der Waals surface area contributed by atoms with Gasteiger partial charge in [-0.2, -0.15) is 0 Å². The molecule has 1 saturated heterocycles. The van der Waals surface area contributed by atoms with Gasteiger partial charge in [-0.15, -0.1) is 0 Å². The molecule has 4 N–H and O–H groups in total. The van der Waals surface area contributed by atoms with Gasteiger partial charge in [0.15, 0.2) is 12.4 Å². The van der Waals surface area contributed by atoms with Gasteiger partial charge < -0.3 is 39.4 Å². The predicted octanol–water partition coefficient (Wildman–Crippen LogP) is 10.7. The number of aliphatic hydroxyl groups excluding tert-OH is 4. The fourth-order valence-electron chi connectivity index (χ4n) is 7.54. The molecular formula is C48H90O10. The maximum atomic E-state index is 12.8. The number of hydrogen-bond acceptors (Lipinski definition) is 10. The van der Waals surface area contributed by atoms with Gasteiger partial charge in [-0.25, -0.2) is 0 Å². The molecule has 1 fully saturated rings. The van der Waals surface area contributed by atoms with E-state index < -0.39 is 49.4 Å². The van der Waals surface area contributed by atoms with Crippen molar-refractivity contribution in [2.24, 2.45) is 0 Å². The minimum atomic E-state index is -1.59. The Labute approximate surface area is 354 Å². The molecule has 1 aliphatic rings. The predicted molar refractivity (Wildman–Crippen MR) is 233 cm³/mol.